The first-order valence-electron chi connectivity index (χ1n) is 7.88. The van der Waals surface area contributed by atoms with E-state index in [1.807, 2.05) is 0 Å². The van der Waals surface area contributed by atoms with E-state index in [9.17, 15) is 18.8 Å². The molecule has 0 atom stereocenters. The van der Waals surface area contributed by atoms with Crippen LogP contribution in [0.1, 0.15) is 17.3 Å². The van der Waals surface area contributed by atoms with Gasteiger partial charge in [-0.1, -0.05) is 23.2 Å². The van der Waals surface area contributed by atoms with Crippen molar-refractivity contribution in [3.8, 4) is 0 Å². The molecule has 0 N–H and O–H groups in total. The fraction of sp³-hybridized carbons (Fsp3) is 0.353. The molecule has 1 aromatic carbocycles. The van der Waals surface area contributed by atoms with Crippen LogP contribution in [0, 0.1) is 5.82 Å². The number of hydrogen-bond acceptors (Lipinski definition) is 8. The summed E-state index contributed by atoms with van der Waals surface area (Å²) in [5.74, 6) is -3.67. The van der Waals surface area contributed by atoms with Crippen LogP contribution in [0.5, 0.6) is 0 Å². The maximum Gasteiger partial charge on any atom is 0.355 e. The number of carbonyl (C=O) groups is 3. The minimum Gasteiger partial charge on any atom is -0.466 e. The first-order valence-corrected chi connectivity index (χ1v) is 8.63. The lowest BCUT2D eigenvalue weighted by molar-refractivity contribution is -0.140. The monoisotopic (exact) mass is 435 g/mol. The molecular weight excluding hydrogens is 420 g/mol. The van der Waals surface area contributed by atoms with Crippen molar-refractivity contribution in [1.82, 2.24) is 0 Å². The summed E-state index contributed by atoms with van der Waals surface area (Å²) < 4.78 is 33.9. The van der Waals surface area contributed by atoms with Crippen molar-refractivity contribution >= 4 is 46.8 Å². The average Bonchev–Trinajstić information content (AvgIpc) is 2.69. The normalized spacial score (nSPS) is 14.0. The van der Waals surface area contributed by atoms with E-state index in [2.05, 4.69) is 4.74 Å². The van der Waals surface area contributed by atoms with Gasteiger partial charge < -0.3 is 23.8 Å². The lowest BCUT2D eigenvalue weighted by atomic mass is 10.1. The molecule has 1 aliphatic rings. The summed E-state index contributed by atoms with van der Waals surface area (Å²) >= 11 is 12.3. The molecule has 28 heavy (non-hydrogen) atoms. The van der Waals surface area contributed by atoms with Crippen molar-refractivity contribution in [2.75, 3.05) is 39.1 Å². The highest BCUT2D eigenvalue weighted by Crippen LogP contribution is 2.41. The predicted octanol–water partition coefficient (Wildman–Crippen LogP) is 2.70. The van der Waals surface area contributed by atoms with Gasteiger partial charge in [-0.15, -0.1) is 0 Å². The fourth-order valence-corrected chi connectivity index (χ4v) is 3.13. The van der Waals surface area contributed by atoms with Gasteiger partial charge in [0.15, 0.2) is 0 Å². The van der Waals surface area contributed by atoms with Gasteiger partial charge in [-0.25, -0.2) is 18.8 Å². The van der Waals surface area contributed by atoms with Gasteiger partial charge in [0.25, 0.3) is 0 Å². The Morgan fingerprint density at radius 1 is 1.14 bits per heavy atom. The Kier molecular flexibility index (Phi) is 7.22. The van der Waals surface area contributed by atoms with E-state index in [1.165, 1.54) is 0 Å². The smallest absolute Gasteiger partial charge is 0.355 e. The quantitative estimate of drug-likeness (QED) is 0.396. The van der Waals surface area contributed by atoms with Gasteiger partial charge in [-0.05, 0) is 13.0 Å². The minimum absolute atomic E-state index is 0.0291. The molecule has 0 fully saturated rings. The number of rotatable bonds is 5. The second-order valence-corrected chi connectivity index (χ2v) is 6.07. The Morgan fingerprint density at radius 2 is 1.79 bits per heavy atom. The molecule has 1 aliphatic heterocycles. The second-order valence-electron chi connectivity index (χ2n) is 5.32. The van der Waals surface area contributed by atoms with E-state index in [0.29, 0.717) is 0 Å². The first-order chi connectivity index (χ1) is 13.3. The summed E-state index contributed by atoms with van der Waals surface area (Å²) in [6.07, 6.45) is 0. The molecule has 0 amide bonds. The molecule has 0 aliphatic carbocycles. The predicted molar refractivity (Wildman–Crippen MR) is 96.7 cm³/mol. The van der Waals surface area contributed by atoms with Crippen molar-refractivity contribution in [2.24, 2.45) is 0 Å². The van der Waals surface area contributed by atoms with Crippen LogP contribution in [0.25, 0.3) is 0 Å². The van der Waals surface area contributed by atoms with Crippen molar-refractivity contribution in [3.05, 3.63) is 38.8 Å². The topological polar surface area (TPSA) is 91.4 Å². The molecule has 0 saturated heterocycles. The van der Waals surface area contributed by atoms with E-state index < -0.39 is 28.7 Å². The van der Waals surface area contributed by atoms with Gasteiger partial charge in [0, 0.05) is 0 Å². The van der Waals surface area contributed by atoms with E-state index in [0.717, 1.165) is 25.2 Å². The summed E-state index contributed by atoms with van der Waals surface area (Å²) in [7, 11) is 2.21. The van der Waals surface area contributed by atoms with E-state index in [4.69, 9.17) is 37.4 Å². The molecule has 0 unspecified atom stereocenters. The Balaban J connectivity index is 2.75. The summed E-state index contributed by atoms with van der Waals surface area (Å²) in [5, 5.41) is -0.782. The largest absolute Gasteiger partial charge is 0.466 e. The Labute approximate surface area is 169 Å². The van der Waals surface area contributed by atoms with Crippen molar-refractivity contribution in [1.29, 1.82) is 0 Å². The highest BCUT2D eigenvalue weighted by atomic mass is 35.5. The zero-order valence-electron chi connectivity index (χ0n) is 15.1. The minimum atomic E-state index is -0.987. The lowest BCUT2D eigenvalue weighted by Gasteiger charge is -2.32. The van der Waals surface area contributed by atoms with Crippen LogP contribution >= 0.6 is 23.2 Å². The van der Waals surface area contributed by atoms with Crippen molar-refractivity contribution in [3.63, 3.8) is 0 Å². The van der Waals surface area contributed by atoms with Crippen LogP contribution < -0.4 is 4.90 Å². The molecule has 1 aromatic rings. The number of methoxy groups -OCH3 is 2. The molecule has 0 aromatic heterocycles. The highest BCUT2D eigenvalue weighted by Gasteiger charge is 2.36. The lowest BCUT2D eigenvalue weighted by Crippen LogP contribution is -2.39. The second kappa shape index (κ2) is 9.22. The van der Waals surface area contributed by atoms with Gasteiger partial charge in [-0.2, -0.15) is 0 Å². The zero-order valence-corrected chi connectivity index (χ0v) is 16.6. The van der Waals surface area contributed by atoms with Crippen LogP contribution in [0.15, 0.2) is 17.3 Å². The zero-order chi connectivity index (χ0) is 21.0. The molecule has 0 spiro atoms. The van der Waals surface area contributed by atoms with Crippen molar-refractivity contribution in [2.45, 2.75) is 6.92 Å². The number of hydrogen-bond donors (Lipinski definition) is 0. The number of esters is 3. The van der Waals surface area contributed by atoms with Crippen LogP contribution in [-0.4, -0.2) is 52.1 Å². The molecule has 2 rings (SSSR count). The molecular formula is C17H16Cl2FNO7. The SMILES string of the molecule is CCOC(=O)c1cc(F)c(Cl)c(N2COCC(C(=O)OC)=C2C(=O)OC)c1Cl. The number of benzene rings is 1. The van der Waals surface area contributed by atoms with Crippen LogP contribution in [0.3, 0.4) is 0 Å². The number of ether oxygens (including phenoxy) is 4. The van der Waals surface area contributed by atoms with Crippen LogP contribution in [-0.2, 0) is 28.5 Å². The highest BCUT2D eigenvalue weighted by molar-refractivity contribution is 6.41. The number of nitrogens with zero attached hydrogens (tertiary/aromatic N) is 1. The maximum atomic E-state index is 14.4. The summed E-state index contributed by atoms with van der Waals surface area (Å²) in [6.45, 7) is 1.01. The molecule has 152 valence electrons. The summed E-state index contributed by atoms with van der Waals surface area (Å²) in [5.41, 5.74) is -1.05. The van der Waals surface area contributed by atoms with Crippen LogP contribution in [0.2, 0.25) is 10.0 Å². The van der Waals surface area contributed by atoms with E-state index >= 15 is 0 Å². The Bertz CT molecular complexity index is 856. The Morgan fingerprint density at radius 3 is 2.36 bits per heavy atom. The van der Waals surface area contributed by atoms with Gasteiger partial charge in [-0.3, -0.25) is 0 Å². The average molecular weight is 436 g/mol. The fourth-order valence-electron chi connectivity index (χ4n) is 2.50. The molecule has 0 radical (unpaired) electrons. The van der Waals surface area contributed by atoms with E-state index in [1.54, 1.807) is 6.92 Å². The standard InChI is InChI=1S/C17H16Cl2FNO7/c1-4-28-16(23)8-5-10(20)12(19)14(11(8)18)21-7-27-6-9(15(22)25-2)13(21)17(24)26-3/h5H,4,6-7H2,1-3H3. The third-order valence-corrected chi connectivity index (χ3v) is 4.47. The molecule has 11 heteroatoms. The van der Waals surface area contributed by atoms with Crippen molar-refractivity contribution < 1.29 is 37.7 Å². The van der Waals surface area contributed by atoms with Gasteiger partial charge in [0.05, 0.1) is 49.3 Å². The summed E-state index contributed by atoms with van der Waals surface area (Å²) in [4.78, 5) is 37.6. The van der Waals surface area contributed by atoms with E-state index in [-0.39, 0.29) is 47.5 Å². The molecule has 0 saturated carbocycles. The number of halogens is 3. The van der Waals surface area contributed by atoms with Gasteiger partial charge >= 0.3 is 17.9 Å². The molecule has 0 bridgehead atoms. The summed E-state index contributed by atoms with van der Waals surface area (Å²) in [6, 6.07) is 0.819. The molecule has 8 nitrogen and oxygen atoms in total. The molecule has 1 heterocycles. The van der Waals surface area contributed by atoms with Crippen LogP contribution in [0.4, 0.5) is 10.1 Å². The number of anilines is 1. The maximum absolute atomic E-state index is 14.4. The van der Waals surface area contributed by atoms with Gasteiger partial charge in [0.2, 0.25) is 0 Å². The number of carbonyl (C=O) groups excluding carboxylic acids is 3. The Hall–Kier alpha value is -2.36. The third-order valence-electron chi connectivity index (χ3n) is 3.73. The first kappa shape index (κ1) is 21.9. The van der Waals surface area contributed by atoms with Gasteiger partial charge in [0.1, 0.15) is 23.3 Å². The third kappa shape index (κ3) is 4.06.